The number of rotatable bonds is 3. The third-order valence-corrected chi connectivity index (χ3v) is 2.97. The Kier molecular flexibility index (Phi) is 3.24. The van der Waals surface area contributed by atoms with Crippen molar-refractivity contribution in [2.24, 2.45) is 5.73 Å². The maximum Gasteiger partial charge on any atom is 0.239 e. The van der Waals surface area contributed by atoms with E-state index in [9.17, 15) is 4.79 Å². The van der Waals surface area contributed by atoms with Gasteiger partial charge in [-0.2, -0.15) is 0 Å². The summed E-state index contributed by atoms with van der Waals surface area (Å²) in [6, 6.07) is -0.355. The number of imidazole rings is 1. The number of nitrogens with zero attached hydrogens (tertiary/aromatic N) is 3. The van der Waals surface area contributed by atoms with Crippen LogP contribution in [0.4, 0.5) is 0 Å². The number of fused-ring (bicyclic) bond motifs is 1. The van der Waals surface area contributed by atoms with Gasteiger partial charge in [0.1, 0.15) is 5.82 Å². The minimum Gasteiger partial charge on any atom is -0.332 e. The largest absolute Gasteiger partial charge is 0.332 e. The molecule has 1 atom stereocenters. The number of carbonyl (C=O) groups is 1. The SMILES string of the molecule is CCC[C@@H](N)C(=O)N1CCn2ccnc2C1. The topological polar surface area (TPSA) is 64.2 Å². The average Bonchev–Trinajstić information content (AvgIpc) is 2.75. The van der Waals surface area contributed by atoms with Gasteiger partial charge in [-0.3, -0.25) is 4.79 Å². The molecule has 0 radical (unpaired) electrons. The second kappa shape index (κ2) is 4.65. The van der Waals surface area contributed by atoms with Gasteiger partial charge in [-0.15, -0.1) is 0 Å². The summed E-state index contributed by atoms with van der Waals surface area (Å²) in [5.41, 5.74) is 5.84. The van der Waals surface area contributed by atoms with Crippen molar-refractivity contribution in [3.05, 3.63) is 18.2 Å². The van der Waals surface area contributed by atoms with Gasteiger partial charge < -0.3 is 15.2 Å². The molecule has 1 amide bonds. The van der Waals surface area contributed by atoms with Gasteiger partial charge in [0.2, 0.25) is 5.91 Å². The first-order valence-electron chi connectivity index (χ1n) is 5.76. The molecular formula is C11H18N4O. The summed E-state index contributed by atoms with van der Waals surface area (Å²) in [6.07, 6.45) is 5.41. The molecule has 0 saturated carbocycles. The molecular weight excluding hydrogens is 204 g/mol. The van der Waals surface area contributed by atoms with Gasteiger partial charge in [-0.25, -0.2) is 4.98 Å². The first kappa shape index (κ1) is 11.1. The van der Waals surface area contributed by atoms with E-state index in [0.717, 1.165) is 31.8 Å². The van der Waals surface area contributed by atoms with Crippen molar-refractivity contribution in [1.82, 2.24) is 14.5 Å². The van der Waals surface area contributed by atoms with Crippen LogP contribution in [-0.4, -0.2) is 32.9 Å². The molecule has 0 spiro atoms. The molecule has 0 aliphatic carbocycles. The lowest BCUT2D eigenvalue weighted by atomic mass is 10.1. The summed E-state index contributed by atoms with van der Waals surface area (Å²) in [7, 11) is 0. The molecule has 88 valence electrons. The summed E-state index contributed by atoms with van der Waals surface area (Å²) in [6.45, 7) is 4.18. The molecule has 5 heteroatoms. The van der Waals surface area contributed by atoms with Gasteiger partial charge in [-0.05, 0) is 6.42 Å². The van der Waals surface area contributed by atoms with E-state index in [4.69, 9.17) is 5.73 Å². The smallest absolute Gasteiger partial charge is 0.239 e. The Morgan fingerprint density at radius 3 is 3.19 bits per heavy atom. The average molecular weight is 222 g/mol. The van der Waals surface area contributed by atoms with Gasteiger partial charge in [0.15, 0.2) is 0 Å². The second-order valence-corrected chi connectivity index (χ2v) is 4.19. The highest BCUT2D eigenvalue weighted by Crippen LogP contribution is 2.12. The Morgan fingerprint density at radius 2 is 2.44 bits per heavy atom. The minimum atomic E-state index is -0.355. The lowest BCUT2D eigenvalue weighted by Crippen LogP contribution is -2.46. The van der Waals surface area contributed by atoms with Crippen LogP contribution in [0, 0.1) is 0 Å². The summed E-state index contributed by atoms with van der Waals surface area (Å²) < 4.78 is 2.08. The molecule has 0 unspecified atom stereocenters. The third-order valence-electron chi connectivity index (χ3n) is 2.97. The van der Waals surface area contributed by atoms with Crippen molar-refractivity contribution in [2.75, 3.05) is 6.54 Å². The zero-order valence-corrected chi connectivity index (χ0v) is 9.59. The summed E-state index contributed by atoms with van der Waals surface area (Å²) in [4.78, 5) is 18.0. The van der Waals surface area contributed by atoms with Gasteiger partial charge in [0.25, 0.3) is 0 Å². The molecule has 5 nitrogen and oxygen atoms in total. The second-order valence-electron chi connectivity index (χ2n) is 4.19. The van der Waals surface area contributed by atoms with Crippen molar-refractivity contribution in [2.45, 2.75) is 38.9 Å². The van der Waals surface area contributed by atoms with Crippen LogP contribution in [0.25, 0.3) is 0 Å². The standard InChI is InChI=1S/C11H18N4O/c1-2-3-9(12)11(16)15-7-6-14-5-4-13-10(14)8-15/h4-5,9H,2-3,6-8,12H2,1H3/t9-/m1/s1. The van der Waals surface area contributed by atoms with E-state index in [1.807, 2.05) is 18.0 Å². The third kappa shape index (κ3) is 2.09. The molecule has 2 heterocycles. The number of hydrogen-bond donors (Lipinski definition) is 1. The van der Waals surface area contributed by atoms with Crippen molar-refractivity contribution in [1.29, 1.82) is 0 Å². The van der Waals surface area contributed by atoms with Crippen LogP contribution in [-0.2, 0) is 17.9 Å². The Labute approximate surface area is 95.2 Å². The van der Waals surface area contributed by atoms with Crippen LogP contribution in [0.5, 0.6) is 0 Å². The summed E-state index contributed by atoms with van der Waals surface area (Å²) >= 11 is 0. The summed E-state index contributed by atoms with van der Waals surface area (Å²) in [5, 5.41) is 0. The van der Waals surface area contributed by atoms with E-state index in [2.05, 4.69) is 9.55 Å². The van der Waals surface area contributed by atoms with Crippen LogP contribution in [0.1, 0.15) is 25.6 Å². The molecule has 1 aromatic heterocycles. The predicted octanol–water partition coefficient (Wildman–Crippen LogP) is 0.353. The highest BCUT2D eigenvalue weighted by molar-refractivity contribution is 5.81. The zero-order chi connectivity index (χ0) is 11.5. The molecule has 0 fully saturated rings. The van der Waals surface area contributed by atoms with E-state index in [-0.39, 0.29) is 11.9 Å². The van der Waals surface area contributed by atoms with E-state index in [1.165, 1.54) is 0 Å². The van der Waals surface area contributed by atoms with Crippen LogP contribution >= 0.6 is 0 Å². The van der Waals surface area contributed by atoms with Crippen LogP contribution in [0.15, 0.2) is 12.4 Å². The Morgan fingerprint density at radius 1 is 1.62 bits per heavy atom. The van der Waals surface area contributed by atoms with E-state index < -0.39 is 0 Å². The molecule has 16 heavy (non-hydrogen) atoms. The number of carbonyl (C=O) groups excluding carboxylic acids is 1. The Balaban J connectivity index is 2.00. The molecule has 2 rings (SSSR count). The lowest BCUT2D eigenvalue weighted by molar-refractivity contribution is -0.134. The molecule has 1 aromatic rings. The van der Waals surface area contributed by atoms with E-state index >= 15 is 0 Å². The van der Waals surface area contributed by atoms with Crippen LogP contribution in [0.2, 0.25) is 0 Å². The molecule has 0 bridgehead atoms. The number of aromatic nitrogens is 2. The zero-order valence-electron chi connectivity index (χ0n) is 9.59. The first-order valence-corrected chi connectivity index (χ1v) is 5.76. The highest BCUT2D eigenvalue weighted by Gasteiger charge is 2.24. The van der Waals surface area contributed by atoms with Crippen LogP contribution < -0.4 is 5.73 Å². The fourth-order valence-electron chi connectivity index (χ4n) is 2.03. The number of nitrogens with two attached hydrogens (primary N) is 1. The molecule has 1 aliphatic heterocycles. The van der Waals surface area contributed by atoms with Crippen molar-refractivity contribution in [3.63, 3.8) is 0 Å². The minimum absolute atomic E-state index is 0.0519. The fraction of sp³-hybridized carbons (Fsp3) is 0.636. The quantitative estimate of drug-likeness (QED) is 0.802. The number of amides is 1. The van der Waals surface area contributed by atoms with Gasteiger partial charge >= 0.3 is 0 Å². The van der Waals surface area contributed by atoms with Gasteiger partial charge in [0, 0.05) is 25.5 Å². The molecule has 0 saturated heterocycles. The van der Waals surface area contributed by atoms with Crippen LogP contribution in [0.3, 0.4) is 0 Å². The Hall–Kier alpha value is -1.36. The first-order chi connectivity index (χ1) is 7.72. The Bertz CT molecular complexity index is 374. The normalized spacial score (nSPS) is 17.0. The van der Waals surface area contributed by atoms with Crippen molar-refractivity contribution < 1.29 is 4.79 Å². The molecule has 1 aliphatic rings. The van der Waals surface area contributed by atoms with E-state index in [1.54, 1.807) is 6.20 Å². The van der Waals surface area contributed by atoms with E-state index in [0.29, 0.717) is 6.54 Å². The molecule has 2 N–H and O–H groups in total. The molecule has 0 aromatic carbocycles. The number of hydrogen-bond acceptors (Lipinski definition) is 3. The maximum absolute atomic E-state index is 12.0. The van der Waals surface area contributed by atoms with Crippen molar-refractivity contribution in [3.8, 4) is 0 Å². The maximum atomic E-state index is 12.0. The monoisotopic (exact) mass is 222 g/mol. The lowest BCUT2D eigenvalue weighted by Gasteiger charge is -2.29. The van der Waals surface area contributed by atoms with Crippen molar-refractivity contribution >= 4 is 5.91 Å². The fourth-order valence-corrected chi connectivity index (χ4v) is 2.03. The van der Waals surface area contributed by atoms with Gasteiger partial charge in [0.05, 0.1) is 12.6 Å². The summed E-state index contributed by atoms with van der Waals surface area (Å²) in [5.74, 6) is 0.999. The predicted molar refractivity (Wildman–Crippen MR) is 60.5 cm³/mol. The van der Waals surface area contributed by atoms with Gasteiger partial charge in [-0.1, -0.05) is 13.3 Å². The highest BCUT2D eigenvalue weighted by atomic mass is 16.2.